The molecule has 2 N–H and O–H groups in total. The van der Waals surface area contributed by atoms with E-state index in [0.29, 0.717) is 32.4 Å². The van der Waals surface area contributed by atoms with Crippen molar-refractivity contribution in [1.29, 1.82) is 0 Å². The van der Waals surface area contributed by atoms with Gasteiger partial charge >= 0.3 is 5.97 Å². The smallest absolute Gasteiger partial charge is 0.303 e. The van der Waals surface area contributed by atoms with Crippen LogP contribution in [0.2, 0.25) is 0 Å². The molecule has 1 aromatic carbocycles. The van der Waals surface area contributed by atoms with Crippen LogP contribution in [-0.2, 0) is 27.3 Å². The van der Waals surface area contributed by atoms with Crippen molar-refractivity contribution < 1.29 is 19.5 Å². The van der Waals surface area contributed by atoms with Gasteiger partial charge in [-0.3, -0.25) is 14.4 Å². The monoisotopic (exact) mass is 346 g/mol. The topological polar surface area (TPSA) is 86.7 Å². The minimum absolute atomic E-state index is 0.0176. The number of hydrogen-bond acceptors (Lipinski definition) is 3. The molecule has 0 radical (unpaired) electrons. The molecule has 25 heavy (non-hydrogen) atoms. The van der Waals surface area contributed by atoms with Gasteiger partial charge in [0.25, 0.3) is 0 Å². The highest BCUT2D eigenvalue weighted by atomic mass is 16.4. The van der Waals surface area contributed by atoms with Crippen LogP contribution in [0.25, 0.3) is 0 Å². The van der Waals surface area contributed by atoms with Gasteiger partial charge in [-0.15, -0.1) is 0 Å². The molecular weight excluding hydrogens is 320 g/mol. The Labute approximate surface area is 148 Å². The van der Waals surface area contributed by atoms with E-state index in [2.05, 4.69) is 5.32 Å². The van der Waals surface area contributed by atoms with E-state index in [-0.39, 0.29) is 24.2 Å². The van der Waals surface area contributed by atoms with Gasteiger partial charge in [0.2, 0.25) is 11.8 Å². The predicted octanol–water partition coefficient (Wildman–Crippen LogP) is 1.97. The highest BCUT2D eigenvalue weighted by molar-refractivity contribution is 5.88. The summed E-state index contributed by atoms with van der Waals surface area (Å²) < 4.78 is 0. The number of carboxylic acids is 1. The minimum Gasteiger partial charge on any atom is -0.481 e. The van der Waals surface area contributed by atoms with E-state index in [1.807, 2.05) is 38.1 Å². The first-order valence-corrected chi connectivity index (χ1v) is 8.74. The molecule has 2 rings (SSSR count). The van der Waals surface area contributed by atoms with Gasteiger partial charge in [0.05, 0.1) is 0 Å². The second-order valence-electron chi connectivity index (χ2n) is 6.90. The number of aliphatic carboxylic acids is 1. The molecule has 2 amide bonds. The van der Waals surface area contributed by atoms with Crippen LogP contribution < -0.4 is 5.32 Å². The van der Waals surface area contributed by atoms with E-state index in [0.717, 1.165) is 11.1 Å². The van der Waals surface area contributed by atoms with Gasteiger partial charge in [0.15, 0.2) is 0 Å². The van der Waals surface area contributed by atoms with Gasteiger partial charge < -0.3 is 15.3 Å². The van der Waals surface area contributed by atoms with E-state index in [1.54, 1.807) is 4.90 Å². The van der Waals surface area contributed by atoms with Crippen molar-refractivity contribution in [3.05, 3.63) is 35.4 Å². The lowest BCUT2D eigenvalue weighted by Crippen LogP contribution is -2.52. The van der Waals surface area contributed by atoms with Crippen molar-refractivity contribution in [3.63, 3.8) is 0 Å². The molecule has 1 aliphatic rings. The number of nitrogens with one attached hydrogen (secondary N) is 1. The van der Waals surface area contributed by atoms with E-state index >= 15 is 0 Å². The fourth-order valence-electron chi connectivity index (χ4n) is 3.05. The lowest BCUT2D eigenvalue weighted by Gasteiger charge is -2.36. The van der Waals surface area contributed by atoms with Crippen molar-refractivity contribution in [3.8, 4) is 0 Å². The molecule has 0 aromatic heterocycles. The van der Waals surface area contributed by atoms with Gasteiger partial charge in [-0.05, 0) is 23.5 Å². The Morgan fingerprint density at radius 3 is 2.56 bits per heavy atom. The standard InChI is InChI=1S/C19H26N2O4/c1-13(2)10-17(22)21-12-15-7-4-3-6-14(15)11-16(21)19(25)20-9-5-8-18(23)24/h3-4,6-7,13,16H,5,8-12H2,1-2H3,(H,20,25)(H,23,24). The van der Waals surface area contributed by atoms with Gasteiger partial charge in [0, 0.05) is 32.4 Å². The maximum atomic E-state index is 12.6. The van der Waals surface area contributed by atoms with Crippen LogP contribution in [-0.4, -0.2) is 40.4 Å². The molecule has 0 aliphatic carbocycles. The van der Waals surface area contributed by atoms with Crippen LogP contribution in [0.3, 0.4) is 0 Å². The summed E-state index contributed by atoms with van der Waals surface area (Å²) in [4.78, 5) is 37.4. The zero-order valence-corrected chi connectivity index (χ0v) is 14.8. The molecule has 0 fully saturated rings. The van der Waals surface area contributed by atoms with E-state index in [4.69, 9.17) is 5.11 Å². The summed E-state index contributed by atoms with van der Waals surface area (Å²) >= 11 is 0. The Morgan fingerprint density at radius 1 is 1.24 bits per heavy atom. The number of amides is 2. The van der Waals surface area contributed by atoms with Crippen molar-refractivity contribution in [2.24, 2.45) is 5.92 Å². The largest absolute Gasteiger partial charge is 0.481 e. The van der Waals surface area contributed by atoms with Crippen molar-refractivity contribution in [2.45, 2.75) is 52.1 Å². The van der Waals surface area contributed by atoms with Crippen LogP contribution in [0, 0.1) is 5.92 Å². The number of carbonyl (C=O) groups is 3. The summed E-state index contributed by atoms with van der Waals surface area (Å²) in [6.07, 6.45) is 1.30. The molecule has 1 unspecified atom stereocenters. The van der Waals surface area contributed by atoms with Crippen molar-refractivity contribution >= 4 is 17.8 Å². The summed E-state index contributed by atoms with van der Waals surface area (Å²) in [7, 11) is 0. The quantitative estimate of drug-likeness (QED) is 0.739. The first-order chi connectivity index (χ1) is 11.9. The molecule has 0 bridgehead atoms. The lowest BCUT2D eigenvalue weighted by atomic mass is 9.92. The van der Waals surface area contributed by atoms with Gasteiger partial charge in [-0.2, -0.15) is 0 Å². The van der Waals surface area contributed by atoms with E-state index in [9.17, 15) is 14.4 Å². The zero-order chi connectivity index (χ0) is 18.4. The van der Waals surface area contributed by atoms with Crippen LogP contribution in [0.4, 0.5) is 0 Å². The summed E-state index contributed by atoms with van der Waals surface area (Å²) in [5.74, 6) is -0.884. The Bertz CT molecular complexity index is 642. The molecule has 136 valence electrons. The minimum atomic E-state index is -0.880. The molecule has 0 spiro atoms. The number of benzene rings is 1. The summed E-state index contributed by atoms with van der Waals surface area (Å²) in [5, 5.41) is 11.5. The van der Waals surface area contributed by atoms with Crippen LogP contribution in [0.5, 0.6) is 0 Å². The van der Waals surface area contributed by atoms with Crippen LogP contribution in [0.1, 0.15) is 44.2 Å². The predicted molar refractivity (Wildman–Crippen MR) is 93.8 cm³/mol. The number of rotatable bonds is 7. The molecule has 1 heterocycles. The first-order valence-electron chi connectivity index (χ1n) is 8.74. The maximum absolute atomic E-state index is 12.6. The number of carboxylic acid groups (broad SMARTS) is 1. The number of hydrogen-bond donors (Lipinski definition) is 2. The number of fused-ring (bicyclic) bond motifs is 1. The maximum Gasteiger partial charge on any atom is 0.303 e. The normalized spacial score (nSPS) is 16.4. The highest BCUT2D eigenvalue weighted by Gasteiger charge is 2.34. The molecule has 1 aromatic rings. The number of carbonyl (C=O) groups excluding carboxylic acids is 2. The molecule has 6 nitrogen and oxygen atoms in total. The van der Waals surface area contributed by atoms with Crippen molar-refractivity contribution in [1.82, 2.24) is 10.2 Å². The molecule has 0 saturated heterocycles. The molecule has 0 saturated carbocycles. The van der Waals surface area contributed by atoms with Crippen LogP contribution >= 0.6 is 0 Å². The van der Waals surface area contributed by atoms with Gasteiger partial charge in [-0.25, -0.2) is 0 Å². The van der Waals surface area contributed by atoms with Crippen molar-refractivity contribution in [2.75, 3.05) is 6.54 Å². The number of nitrogens with zero attached hydrogens (tertiary/aromatic N) is 1. The highest BCUT2D eigenvalue weighted by Crippen LogP contribution is 2.25. The van der Waals surface area contributed by atoms with E-state index in [1.165, 1.54) is 0 Å². The summed E-state index contributed by atoms with van der Waals surface area (Å²) in [5.41, 5.74) is 2.16. The summed E-state index contributed by atoms with van der Waals surface area (Å²) in [6, 6.07) is 7.32. The van der Waals surface area contributed by atoms with Gasteiger partial charge in [0.1, 0.15) is 6.04 Å². The molecule has 1 atom stereocenters. The van der Waals surface area contributed by atoms with Crippen LogP contribution in [0.15, 0.2) is 24.3 Å². The third-order valence-electron chi connectivity index (χ3n) is 4.32. The average molecular weight is 346 g/mol. The van der Waals surface area contributed by atoms with Gasteiger partial charge in [-0.1, -0.05) is 38.1 Å². The zero-order valence-electron chi connectivity index (χ0n) is 14.8. The molecule has 1 aliphatic heterocycles. The Kier molecular flexibility index (Phi) is 6.56. The van der Waals surface area contributed by atoms with E-state index < -0.39 is 12.0 Å². The second-order valence-corrected chi connectivity index (χ2v) is 6.90. The fourth-order valence-corrected chi connectivity index (χ4v) is 3.05. The molecule has 6 heteroatoms. The Balaban J connectivity index is 2.09. The summed E-state index contributed by atoms with van der Waals surface area (Å²) in [6.45, 7) is 4.71. The Morgan fingerprint density at radius 2 is 1.92 bits per heavy atom. The fraction of sp³-hybridized carbons (Fsp3) is 0.526. The SMILES string of the molecule is CC(C)CC(=O)N1Cc2ccccc2CC1C(=O)NCCCC(=O)O. The second kappa shape index (κ2) is 8.65. The Hall–Kier alpha value is -2.37. The third kappa shape index (κ3) is 5.31. The molecular formula is C19H26N2O4. The first kappa shape index (κ1) is 19.0. The third-order valence-corrected chi connectivity index (χ3v) is 4.32. The average Bonchev–Trinajstić information content (AvgIpc) is 2.56. The lowest BCUT2D eigenvalue weighted by molar-refractivity contribution is -0.142.